The first-order valence-electron chi connectivity index (χ1n) is 5.61. The Kier molecular flexibility index (Phi) is 3.50. The maximum Gasteiger partial charge on any atom is 0.324 e. The Balaban J connectivity index is 3.13. The van der Waals surface area contributed by atoms with E-state index in [9.17, 15) is 14.7 Å². The molecule has 3 atom stereocenters. The van der Waals surface area contributed by atoms with E-state index in [-0.39, 0.29) is 13.0 Å². The molecule has 0 amide bonds. The molecule has 1 fully saturated rings. The minimum Gasteiger partial charge on any atom is -0.480 e. The Morgan fingerprint density at radius 2 is 1.88 bits per heavy atom. The highest BCUT2D eigenvalue weighted by Crippen LogP contribution is 2.39. The summed E-state index contributed by atoms with van der Waals surface area (Å²) in [5.74, 6) is -2.48. The van der Waals surface area contributed by atoms with Gasteiger partial charge in [0.25, 0.3) is 0 Å². The highest BCUT2D eigenvalue weighted by Gasteiger charge is 2.54. The van der Waals surface area contributed by atoms with Crippen LogP contribution in [0.5, 0.6) is 0 Å². The summed E-state index contributed by atoms with van der Waals surface area (Å²) in [6.07, 6.45) is 0.210. The zero-order valence-electron chi connectivity index (χ0n) is 10.4. The second kappa shape index (κ2) is 4.27. The first-order chi connectivity index (χ1) is 7.63. The zero-order chi connectivity index (χ0) is 13.4. The average Bonchev–Trinajstić information content (AvgIpc) is 2.28. The van der Waals surface area contributed by atoms with Crippen molar-refractivity contribution in [3.05, 3.63) is 0 Å². The fraction of sp³-hybridized carbons (Fsp3) is 0.818. The van der Waals surface area contributed by atoms with Crippen molar-refractivity contribution in [1.82, 2.24) is 5.32 Å². The minimum atomic E-state index is -1.43. The monoisotopic (exact) mass is 244 g/mol. The summed E-state index contributed by atoms with van der Waals surface area (Å²) < 4.78 is 0. The number of hydrogen-bond acceptors (Lipinski definition) is 4. The van der Waals surface area contributed by atoms with E-state index in [1.54, 1.807) is 20.8 Å². The fourth-order valence-electron chi connectivity index (χ4n) is 2.50. The number of carboxylic acid groups (broad SMARTS) is 2. The van der Waals surface area contributed by atoms with Gasteiger partial charge in [0, 0.05) is 12.0 Å². The molecule has 0 bridgehead atoms. The molecule has 1 saturated heterocycles. The van der Waals surface area contributed by atoms with Crippen LogP contribution in [0.25, 0.3) is 0 Å². The van der Waals surface area contributed by atoms with Gasteiger partial charge in [-0.15, -0.1) is 0 Å². The van der Waals surface area contributed by atoms with Crippen molar-refractivity contribution >= 4 is 11.9 Å². The lowest BCUT2D eigenvalue weighted by molar-refractivity contribution is -0.151. The van der Waals surface area contributed by atoms with Gasteiger partial charge >= 0.3 is 11.9 Å². The van der Waals surface area contributed by atoms with E-state index >= 15 is 0 Å². The Hall–Kier alpha value is -1.14. The maximum absolute atomic E-state index is 11.4. The average molecular weight is 244 g/mol. The smallest absolute Gasteiger partial charge is 0.324 e. The number of carboxylic acids is 2. The third-order valence-corrected chi connectivity index (χ3v) is 3.93. The lowest BCUT2D eigenvalue weighted by Gasteiger charge is -2.42. The molecule has 1 aliphatic heterocycles. The summed E-state index contributed by atoms with van der Waals surface area (Å²) in [7, 11) is 0. The summed E-state index contributed by atoms with van der Waals surface area (Å²) in [5.41, 5.74) is 3.91. The molecule has 0 radical (unpaired) electrons. The van der Waals surface area contributed by atoms with Gasteiger partial charge in [-0.25, -0.2) is 0 Å². The number of hydrogen-bond donors (Lipinski definition) is 4. The van der Waals surface area contributed by atoms with E-state index in [1.807, 2.05) is 0 Å². The van der Waals surface area contributed by atoms with E-state index in [2.05, 4.69) is 5.32 Å². The largest absolute Gasteiger partial charge is 0.480 e. The highest BCUT2D eigenvalue weighted by atomic mass is 16.4. The first-order valence-corrected chi connectivity index (χ1v) is 5.61. The van der Waals surface area contributed by atoms with Crippen molar-refractivity contribution in [2.45, 2.75) is 38.8 Å². The lowest BCUT2D eigenvalue weighted by Crippen LogP contribution is -2.64. The molecule has 0 aromatic heterocycles. The molecule has 0 aromatic rings. The van der Waals surface area contributed by atoms with Crippen LogP contribution in [0.1, 0.15) is 27.2 Å². The first kappa shape index (κ1) is 13.9. The SMILES string of the molecule is CC1CC(C(=O)O)NCC(C)(C)C1(N)C(=O)O. The second-order valence-corrected chi connectivity index (χ2v) is 5.47. The van der Waals surface area contributed by atoms with Gasteiger partial charge in [-0.2, -0.15) is 0 Å². The van der Waals surface area contributed by atoms with Crippen LogP contribution >= 0.6 is 0 Å². The predicted molar refractivity (Wildman–Crippen MR) is 61.5 cm³/mol. The summed E-state index contributed by atoms with van der Waals surface area (Å²) in [6.45, 7) is 5.44. The summed E-state index contributed by atoms with van der Waals surface area (Å²) in [4.78, 5) is 22.4. The molecule has 6 nitrogen and oxygen atoms in total. The summed E-state index contributed by atoms with van der Waals surface area (Å²) in [6, 6.07) is -0.742. The van der Waals surface area contributed by atoms with Crippen molar-refractivity contribution in [1.29, 1.82) is 0 Å². The third kappa shape index (κ3) is 2.14. The molecule has 1 aliphatic rings. The van der Waals surface area contributed by atoms with Gasteiger partial charge < -0.3 is 21.3 Å². The van der Waals surface area contributed by atoms with Crippen LogP contribution in [-0.2, 0) is 9.59 Å². The molecule has 1 heterocycles. The molecule has 98 valence electrons. The fourth-order valence-corrected chi connectivity index (χ4v) is 2.50. The lowest BCUT2D eigenvalue weighted by atomic mass is 9.66. The molecular weight excluding hydrogens is 224 g/mol. The minimum absolute atomic E-state index is 0.210. The standard InChI is InChI=1S/C11H20N2O4/c1-6-4-7(8(14)15)13-5-10(2,3)11(6,12)9(16)17/h6-7,13H,4-5,12H2,1-3H3,(H,14,15)(H,16,17). The van der Waals surface area contributed by atoms with Crippen molar-refractivity contribution < 1.29 is 19.8 Å². The van der Waals surface area contributed by atoms with Gasteiger partial charge in [-0.3, -0.25) is 9.59 Å². The zero-order valence-corrected chi connectivity index (χ0v) is 10.4. The normalized spacial score (nSPS) is 37.2. The summed E-state index contributed by atoms with van der Waals surface area (Å²) >= 11 is 0. The quantitative estimate of drug-likeness (QED) is 0.538. The van der Waals surface area contributed by atoms with E-state index in [0.717, 1.165) is 0 Å². The van der Waals surface area contributed by atoms with Gasteiger partial charge in [-0.05, 0) is 12.3 Å². The molecule has 6 heteroatoms. The molecule has 5 N–H and O–H groups in total. The van der Waals surface area contributed by atoms with Crippen molar-refractivity contribution in [3.63, 3.8) is 0 Å². The van der Waals surface area contributed by atoms with Crippen LogP contribution in [0, 0.1) is 11.3 Å². The topological polar surface area (TPSA) is 113 Å². The summed E-state index contributed by atoms with van der Waals surface area (Å²) in [5, 5.41) is 21.2. The molecule has 0 saturated carbocycles. The number of rotatable bonds is 2. The van der Waals surface area contributed by atoms with Gasteiger partial charge in [-0.1, -0.05) is 20.8 Å². The Labute approximate surface area is 100 Å². The molecule has 0 spiro atoms. The molecule has 1 rings (SSSR count). The molecular formula is C11H20N2O4. The Morgan fingerprint density at radius 1 is 1.35 bits per heavy atom. The van der Waals surface area contributed by atoms with Crippen LogP contribution < -0.4 is 11.1 Å². The molecule has 0 aromatic carbocycles. The number of nitrogens with two attached hydrogens (primary N) is 1. The van der Waals surface area contributed by atoms with Crippen LogP contribution in [0.3, 0.4) is 0 Å². The predicted octanol–water partition coefficient (Wildman–Crippen LogP) is -0.123. The van der Waals surface area contributed by atoms with Gasteiger partial charge in [0.15, 0.2) is 0 Å². The number of nitrogens with one attached hydrogen (secondary N) is 1. The van der Waals surface area contributed by atoms with Crippen molar-refractivity contribution in [3.8, 4) is 0 Å². The van der Waals surface area contributed by atoms with Crippen molar-refractivity contribution in [2.75, 3.05) is 6.54 Å². The highest BCUT2D eigenvalue weighted by molar-refractivity contribution is 5.81. The Morgan fingerprint density at radius 3 is 2.29 bits per heavy atom. The van der Waals surface area contributed by atoms with E-state index in [4.69, 9.17) is 10.8 Å². The van der Waals surface area contributed by atoms with Crippen LogP contribution in [0.2, 0.25) is 0 Å². The van der Waals surface area contributed by atoms with E-state index in [1.165, 1.54) is 0 Å². The molecule has 17 heavy (non-hydrogen) atoms. The molecule has 0 aliphatic carbocycles. The van der Waals surface area contributed by atoms with Gasteiger partial charge in [0.2, 0.25) is 0 Å². The Bertz CT molecular complexity index is 342. The van der Waals surface area contributed by atoms with Crippen molar-refractivity contribution in [2.24, 2.45) is 17.1 Å². The van der Waals surface area contributed by atoms with Crippen LogP contribution in [-0.4, -0.2) is 40.3 Å². The maximum atomic E-state index is 11.4. The van der Waals surface area contributed by atoms with E-state index < -0.39 is 34.9 Å². The number of aliphatic carboxylic acids is 2. The van der Waals surface area contributed by atoms with Crippen LogP contribution in [0.15, 0.2) is 0 Å². The van der Waals surface area contributed by atoms with Gasteiger partial charge in [0.05, 0.1) is 0 Å². The van der Waals surface area contributed by atoms with Gasteiger partial charge in [0.1, 0.15) is 11.6 Å². The van der Waals surface area contributed by atoms with E-state index in [0.29, 0.717) is 0 Å². The number of carbonyl (C=O) groups is 2. The van der Waals surface area contributed by atoms with Crippen LogP contribution in [0.4, 0.5) is 0 Å². The second-order valence-electron chi connectivity index (χ2n) is 5.47. The third-order valence-electron chi connectivity index (χ3n) is 3.93. The molecule has 3 unspecified atom stereocenters.